The standard InChI is InChI=1S/C16H20FN5OS/c1-21-4-6-22(7-5-21)10-13-8-14(17)3-2-12(13)9-18-20-16-19-15(23)11-24-16/h2-3,8-9H,4-7,10-11H2,1H3,(H,19,20,23). The number of likely N-dealkylation sites (N-methyl/N-ethyl adjacent to an activating group) is 1. The summed E-state index contributed by atoms with van der Waals surface area (Å²) in [6.07, 6.45) is 1.61. The SMILES string of the molecule is CN1CCN(Cc2cc(F)ccc2C=NN=C2NC(=O)CS2)CC1. The summed E-state index contributed by atoms with van der Waals surface area (Å²) in [4.78, 5) is 15.7. The lowest BCUT2D eigenvalue weighted by Crippen LogP contribution is -2.44. The van der Waals surface area contributed by atoms with E-state index in [9.17, 15) is 9.18 Å². The van der Waals surface area contributed by atoms with Crippen molar-refractivity contribution in [3.63, 3.8) is 0 Å². The van der Waals surface area contributed by atoms with E-state index in [0.717, 1.165) is 37.3 Å². The summed E-state index contributed by atoms with van der Waals surface area (Å²) in [5, 5.41) is 11.1. The van der Waals surface area contributed by atoms with Gasteiger partial charge in [0.05, 0.1) is 12.0 Å². The molecule has 2 saturated heterocycles. The van der Waals surface area contributed by atoms with E-state index < -0.39 is 0 Å². The molecule has 0 bridgehead atoms. The van der Waals surface area contributed by atoms with E-state index in [1.807, 2.05) is 0 Å². The van der Waals surface area contributed by atoms with Crippen molar-refractivity contribution in [2.75, 3.05) is 39.0 Å². The van der Waals surface area contributed by atoms with Crippen LogP contribution in [0.25, 0.3) is 0 Å². The molecule has 0 saturated carbocycles. The normalized spacial score (nSPS) is 21.8. The quantitative estimate of drug-likeness (QED) is 0.654. The van der Waals surface area contributed by atoms with Gasteiger partial charge >= 0.3 is 0 Å². The zero-order valence-electron chi connectivity index (χ0n) is 13.5. The summed E-state index contributed by atoms with van der Waals surface area (Å²) >= 11 is 1.32. The molecule has 0 aromatic heterocycles. The zero-order chi connectivity index (χ0) is 16.9. The fourth-order valence-electron chi connectivity index (χ4n) is 2.61. The second kappa shape index (κ2) is 7.87. The van der Waals surface area contributed by atoms with E-state index in [1.165, 1.54) is 17.8 Å². The molecule has 1 aromatic rings. The van der Waals surface area contributed by atoms with Crippen LogP contribution in [0, 0.1) is 5.82 Å². The summed E-state index contributed by atoms with van der Waals surface area (Å²) in [7, 11) is 2.11. The molecule has 0 radical (unpaired) electrons. The van der Waals surface area contributed by atoms with E-state index in [-0.39, 0.29) is 11.7 Å². The van der Waals surface area contributed by atoms with Crippen LogP contribution in [-0.2, 0) is 11.3 Å². The predicted molar refractivity (Wildman–Crippen MR) is 94.8 cm³/mol. The van der Waals surface area contributed by atoms with Crippen molar-refractivity contribution in [3.05, 3.63) is 35.1 Å². The monoisotopic (exact) mass is 349 g/mol. The van der Waals surface area contributed by atoms with Crippen LogP contribution in [0.2, 0.25) is 0 Å². The Balaban J connectivity index is 1.69. The Labute approximate surface area is 144 Å². The van der Waals surface area contributed by atoms with Crippen LogP contribution in [0.1, 0.15) is 11.1 Å². The number of hydrogen-bond acceptors (Lipinski definition) is 6. The first-order valence-corrected chi connectivity index (χ1v) is 8.82. The highest BCUT2D eigenvalue weighted by Gasteiger charge is 2.17. The maximum absolute atomic E-state index is 13.6. The molecule has 2 heterocycles. The molecular formula is C16H20FN5OS. The number of nitrogens with one attached hydrogen (secondary N) is 1. The van der Waals surface area contributed by atoms with Crippen molar-refractivity contribution in [3.8, 4) is 0 Å². The van der Waals surface area contributed by atoms with Gasteiger partial charge in [0.2, 0.25) is 5.91 Å². The van der Waals surface area contributed by atoms with Gasteiger partial charge in [-0.1, -0.05) is 17.8 Å². The van der Waals surface area contributed by atoms with Gasteiger partial charge in [0.25, 0.3) is 0 Å². The minimum atomic E-state index is -0.249. The summed E-state index contributed by atoms with van der Waals surface area (Å²) in [5.74, 6) is 0.0622. The Morgan fingerprint density at radius 2 is 2.12 bits per heavy atom. The fourth-order valence-corrected chi connectivity index (χ4v) is 3.24. The van der Waals surface area contributed by atoms with E-state index in [2.05, 4.69) is 32.4 Å². The predicted octanol–water partition coefficient (Wildman–Crippen LogP) is 1.13. The number of amides is 1. The number of carbonyl (C=O) groups excluding carboxylic acids is 1. The first-order valence-electron chi connectivity index (χ1n) is 7.83. The van der Waals surface area contributed by atoms with Crippen molar-refractivity contribution >= 4 is 29.1 Å². The van der Waals surface area contributed by atoms with Gasteiger partial charge < -0.3 is 10.2 Å². The van der Waals surface area contributed by atoms with Crippen LogP contribution in [0.3, 0.4) is 0 Å². The number of piperazine rings is 1. The molecular weight excluding hydrogens is 329 g/mol. The maximum atomic E-state index is 13.6. The van der Waals surface area contributed by atoms with Crippen molar-refractivity contribution in [2.24, 2.45) is 10.2 Å². The Kier molecular flexibility index (Phi) is 5.60. The molecule has 24 heavy (non-hydrogen) atoms. The third kappa shape index (κ3) is 4.62. The largest absolute Gasteiger partial charge is 0.304 e. The number of halogens is 1. The van der Waals surface area contributed by atoms with E-state index in [4.69, 9.17) is 0 Å². The van der Waals surface area contributed by atoms with Crippen molar-refractivity contribution < 1.29 is 9.18 Å². The number of benzene rings is 1. The molecule has 2 fully saturated rings. The molecule has 3 rings (SSSR count). The van der Waals surface area contributed by atoms with Crippen LogP contribution in [0.5, 0.6) is 0 Å². The van der Waals surface area contributed by atoms with E-state index >= 15 is 0 Å². The zero-order valence-corrected chi connectivity index (χ0v) is 14.4. The fraction of sp³-hybridized carbons (Fsp3) is 0.438. The van der Waals surface area contributed by atoms with Crippen molar-refractivity contribution in [2.45, 2.75) is 6.54 Å². The average molecular weight is 349 g/mol. The summed E-state index contributed by atoms with van der Waals surface area (Å²) in [5.41, 5.74) is 1.74. The Morgan fingerprint density at radius 1 is 1.33 bits per heavy atom. The lowest BCUT2D eigenvalue weighted by Gasteiger charge is -2.32. The molecule has 0 atom stereocenters. The molecule has 1 amide bonds. The second-order valence-corrected chi connectivity index (χ2v) is 6.87. The molecule has 1 N–H and O–H groups in total. The molecule has 0 spiro atoms. The van der Waals surface area contributed by atoms with E-state index in [0.29, 0.717) is 17.5 Å². The van der Waals surface area contributed by atoms with Crippen LogP contribution in [0.15, 0.2) is 28.4 Å². The molecule has 2 aliphatic heterocycles. The van der Waals surface area contributed by atoms with Crippen molar-refractivity contribution in [1.82, 2.24) is 15.1 Å². The number of rotatable bonds is 4. The minimum absolute atomic E-state index is 0.0634. The van der Waals surface area contributed by atoms with Gasteiger partial charge in [-0.3, -0.25) is 9.69 Å². The van der Waals surface area contributed by atoms with Gasteiger partial charge in [0.1, 0.15) is 5.82 Å². The Hall–Kier alpha value is -1.77. The van der Waals surface area contributed by atoms with Gasteiger partial charge in [-0.25, -0.2) is 4.39 Å². The summed E-state index contributed by atoms with van der Waals surface area (Å²) < 4.78 is 13.6. The first-order chi connectivity index (χ1) is 11.6. The number of amidine groups is 1. The van der Waals surface area contributed by atoms with Crippen LogP contribution < -0.4 is 5.32 Å². The van der Waals surface area contributed by atoms with Crippen LogP contribution in [-0.4, -0.2) is 66.1 Å². The van der Waals surface area contributed by atoms with Gasteiger partial charge in [-0.15, -0.1) is 5.10 Å². The third-order valence-electron chi connectivity index (χ3n) is 4.03. The van der Waals surface area contributed by atoms with Gasteiger partial charge in [-0.05, 0) is 30.3 Å². The van der Waals surface area contributed by atoms with E-state index in [1.54, 1.807) is 18.3 Å². The second-order valence-electron chi connectivity index (χ2n) is 5.91. The van der Waals surface area contributed by atoms with Crippen molar-refractivity contribution in [1.29, 1.82) is 0 Å². The molecule has 0 aliphatic carbocycles. The number of thioether (sulfide) groups is 1. The topological polar surface area (TPSA) is 60.3 Å². The highest BCUT2D eigenvalue weighted by Crippen LogP contribution is 2.14. The highest BCUT2D eigenvalue weighted by atomic mass is 32.2. The van der Waals surface area contributed by atoms with Gasteiger partial charge in [0, 0.05) is 32.7 Å². The minimum Gasteiger partial charge on any atom is -0.304 e. The number of hydrogen-bond donors (Lipinski definition) is 1. The lowest BCUT2D eigenvalue weighted by atomic mass is 10.1. The smallest absolute Gasteiger partial charge is 0.236 e. The Bertz CT molecular complexity index is 670. The van der Waals surface area contributed by atoms with Crippen LogP contribution >= 0.6 is 11.8 Å². The molecule has 6 nitrogen and oxygen atoms in total. The summed E-state index contributed by atoms with van der Waals surface area (Å²) in [6.45, 7) is 4.66. The first kappa shape index (κ1) is 17.1. The molecule has 8 heteroatoms. The Morgan fingerprint density at radius 3 is 2.83 bits per heavy atom. The molecule has 128 valence electrons. The molecule has 1 aromatic carbocycles. The highest BCUT2D eigenvalue weighted by molar-refractivity contribution is 8.15. The summed E-state index contributed by atoms with van der Waals surface area (Å²) in [6, 6.07) is 4.69. The lowest BCUT2D eigenvalue weighted by molar-refractivity contribution is -0.116. The number of nitrogens with zero attached hydrogens (tertiary/aromatic N) is 4. The van der Waals surface area contributed by atoms with Crippen LogP contribution in [0.4, 0.5) is 4.39 Å². The molecule has 2 aliphatic rings. The molecule has 0 unspecified atom stereocenters. The average Bonchev–Trinajstić information content (AvgIpc) is 2.97. The maximum Gasteiger partial charge on any atom is 0.236 e. The third-order valence-corrected chi connectivity index (χ3v) is 4.89. The van der Waals surface area contributed by atoms with Gasteiger partial charge in [0.15, 0.2) is 5.17 Å². The van der Waals surface area contributed by atoms with Gasteiger partial charge in [-0.2, -0.15) is 5.10 Å². The number of carbonyl (C=O) groups is 1.